The largest absolute Gasteiger partial charge is 0.370 e. The van der Waals surface area contributed by atoms with E-state index < -0.39 is 0 Å². The molecule has 0 aliphatic rings. The Kier molecular flexibility index (Phi) is 7.18. The van der Waals surface area contributed by atoms with Crippen LogP contribution < -0.4 is 10.6 Å². The zero-order chi connectivity index (χ0) is 14.1. The Morgan fingerprint density at radius 3 is 2.32 bits per heavy atom. The molecule has 19 heavy (non-hydrogen) atoms. The van der Waals surface area contributed by atoms with E-state index in [-0.39, 0.29) is 0 Å². The lowest BCUT2D eigenvalue weighted by Crippen LogP contribution is -2.15. The molecule has 1 aromatic rings. The molecule has 2 N–H and O–H groups in total. The van der Waals surface area contributed by atoms with Gasteiger partial charge < -0.3 is 15.5 Å². The molecule has 1 aromatic heterocycles. The maximum Gasteiger partial charge on any atom is 0.134 e. The Hall–Kier alpha value is -1.36. The van der Waals surface area contributed by atoms with Crippen LogP contribution in [0.15, 0.2) is 6.33 Å². The predicted molar refractivity (Wildman–Crippen MR) is 81.9 cm³/mol. The summed E-state index contributed by atoms with van der Waals surface area (Å²) >= 11 is 0. The molecule has 0 unspecified atom stereocenters. The Morgan fingerprint density at radius 1 is 1.05 bits per heavy atom. The van der Waals surface area contributed by atoms with Crippen molar-refractivity contribution in [1.82, 2.24) is 14.9 Å². The maximum atomic E-state index is 4.35. The molecular formula is C14H27N5. The number of hydrogen-bond donors (Lipinski definition) is 2. The lowest BCUT2D eigenvalue weighted by atomic mass is 10.2. The molecule has 0 saturated carbocycles. The first kappa shape index (κ1) is 15.7. The van der Waals surface area contributed by atoms with Crippen LogP contribution in [0.4, 0.5) is 11.6 Å². The lowest BCUT2D eigenvalue weighted by Gasteiger charge is -2.14. The van der Waals surface area contributed by atoms with Gasteiger partial charge in [-0.15, -0.1) is 0 Å². The highest BCUT2D eigenvalue weighted by atomic mass is 15.1. The zero-order valence-corrected chi connectivity index (χ0v) is 12.7. The van der Waals surface area contributed by atoms with Crippen LogP contribution in [0.1, 0.15) is 32.3 Å². The van der Waals surface area contributed by atoms with Crippen molar-refractivity contribution in [2.75, 3.05) is 44.4 Å². The van der Waals surface area contributed by atoms with E-state index in [1.54, 1.807) is 6.33 Å². The first-order valence-electron chi connectivity index (χ1n) is 7.15. The minimum atomic E-state index is 0.881. The Morgan fingerprint density at radius 2 is 1.74 bits per heavy atom. The van der Waals surface area contributed by atoms with Gasteiger partial charge in [-0.2, -0.15) is 0 Å². The van der Waals surface area contributed by atoms with Gasteiger partial charge in [-0.05, 0) is 46.8 Å². The summed E-state index contributed by atoms with van der Waals surface area (Å²) < 4.78 is 0. The fourth-order valence-corrected chi connectivity index (χ4v) is 1.98. The molecule has 0 amide bonds. The van der Waals surface area contributed by atoms with Crippen molar-refractivity contribution in [3.63, 3.8) is 0 Å². The molecule has 0 atom stereocenters. The van der Waals surface area contributed by atoms with E-state index in [4.69, 9.17) is 0 Å². The second-order valence-corrected chi connectivity index (χ2v) is 4.87. The van der Waals surface area contributed by atoms with Crippen molar-refractivity contribution in [1.29, 1.82) is 0 Å². The molecule has 1 heterocycles. The molecule has 0 aromatic carbocycles. The van der Waals surface area contributed by atoms with Gasteiger partial charge in [0.2, 0.25) is 0 Å². The first-order valence-corrected chi connectivity index (χ1v) is 7.15. The third kappa shape index (κ3) is 5.42. The van der Waals surface area contributed by atoms with Gasteiger partial charge in [0.05, 0.1) is 0 Å². The van der Waals surface area contributed by atoms with Gasteiger partial charge in [-0.3, -0.25) is 0 Å². The summed E-state index contributed by atoms with van der Waals surface area (Å²) in [4.78, 5) is 10.9. The molecule has 1 rings (SSSR count). The highest BCUT2D eigenvalue weighted by molar-refractivity contribution is 5.57. The minimum Gasteiger partial charge on any atom is -0.370 e. The number of anilines is 2. The van der Waals surface area contributed by atoms with E-state index in [1.165, 1.54) is 12.0 Å². The van der Waals surface area contributed by atoms with Crippen molar-refractivity contribution in [2.24, 2.45) is 0 Å². The van der Waals surface area contributed by atoms with E-state index in [1.807, 2.05) is 0 Å². The molecular weight excluding hydrogens is 238 g/mol. The fourth-order valence-electron chi connectivity index (χ4n) is 1.98. The number of aromatic nitrogens is 2. The molecule has 5 nitrogen and oxygen atoms in total. The van der Waals surface area contributed by atoms with Crippen LogP contribution in [-0.4, -0.2) is 48.6 Å². The van der Waals surface area contributed by atoms with E-state index in [0.717, 1.165) is 44.1 Å². The average molecular weight is 265 g/mol. The van der Waals surface area contributed by atoms with Gasteiger partial charge >= 0.3 is 0 Å². The maximum absolute atomic E-state index is 4.35. The Balaban J connectivity index is 2.50. The van der Waals surface area contributed by atoms with Crippen LogP contribution in [0.2, 0.25) is 0 Å². The van der Waals surface area contributed by atoms with Crippen LogP contribution in [0.25, 0.3) is 0 Å². The highest BCUT2D eigenvalue weighted by Crippen LogP contribution is 2.20. The summed E-state index contributed by atoms with van der Waals surface area (Å²) in [6.07, 6.45) is 4.91. The van der Waals surface area contributed by atoms with E-state index in [2.05, 4.69) is 53.4 Å². The molecule has 0 aliphatic heterocycles. The first-order chi connectivity index (χ1) is 9.19. The minimum absolute atomic E-state index is 0.881. The summed E-state index contributed by atoms with van der Waals surface area (Å²) in [6.45, 7) is 7.19. The van der Waals surface area contributed by atoms with Crippen molar-refractivity contribution in [3.8, 4) is 0 Å². The molecule has 0 bridgehead atoms. The van der Waals surface area contributed by atoms with Crippen molar-refractivity contribution in [2.45, 2.75) is 33.1 Å². The fraction of sp³-hybridized carbons (Fsp3) is 0.714. The van der Waals surface area contributed by atoms with Crippen LogP contribution >= 0.6 is 0 Å². The molecule has 0 aliphatic carbocycles. The van der Waals surface area contributed by atoms with Crippen LogP contribution in [0.5, 0.6) is 0 Å². The number of rotatable bonds is 9. The Bertz CT molecular complexity index is 365. The smallest absolute Gasteiger partial charge is 0.134 e. The molecule has 0 fully saturated rings. The molecule has 0 radical (unpaired) electrons. The molecule has 0 spiro atoms. The lowest BCUT2D eigenvalue weighted by molar-refractivity contribution is 0.396. The second kappa shape index (κ2) is 8.69. The monoisotopic (exact) mass is 265 g/mol. The van der Waals surface area contributed by atoms with Gasteiger partial charge in [-0.1, -0.05) is 6.92 Å². The Labute approximate surface area is 116 Å². The molecule has 5 heteroatoms. The van der Waals surface area contributed by atoms with Gasteiger partial charge in [0, 0.05) is 18.7 Å². The van der Waals surface area contributed by atoms with Gasteiger partial charge in [0.1, 0.15) is 18.0 Å². The van der Waals surface area contributed by atoms with Gasteiger partial charge in [0.15, 0.2) is 0 Å². The third-order valence-corrected chi connectivity index (χ3v) is 2.97. The number of unbranched alkanes of at least 4 members (excludes halogenated alkanes) is 1. The molecule has 108 valence electrons. The number of hydrogen-bond acceptors (Lipinski definition) is 5. The van der Waals surface area contributed by atoms with E-state index in [0.29, 0.717) is 0 Å². The third-order valence-electron chi connectivity index (χ3n) is 2.97. The van der Waals surface area contributed by atoms with Crippen LogP contribution in [0, 0.1) is 0 Å². The normalized spacial score (nSPS) is 10.8. The summed E-state index contributed by atoms with van der Waals surface area (Å²) in [7, 11) is 4.21. The van der Waals surface area contributed by atoms with Gasteiger partial charge in [-0.25, -0.2) is 9.97 Å². The molecule has 0 saturated heterocycles. The number of nitrogens with one attached hydrogen (secondary N) is 2. The van der Waals surface area contributed by atoms with Crippen molar-refractivity contribution >= 4 is 11.6 Å². The summed E-state index contributed by atoms with van der Waals surface area (Å²) in [5.41, 5.74) is 1.18. The number of nitrogens with zero attached hydrogens (tertiary/aromatic N) is 3. The SMILES string of the molecule is CCNc1ncnc(NCCCCN(C)C)c1CC. The predicted octanol–water partition coefficient (Wildman–Crippen LogP) is 2.22. The van der Waals surface area contributed by atoms with Crippen molar-refractivity contribution in [3.05, 3.63) is 11.9 Å². The van der Waals surface area contributed by atoms with E-state index >= 15 is 0 Å². The van der Waals surface area contributed by atoms with Gasteiger partial charge in [0.25, 0.3) is 0 Å². The van der Waals surface area contributed by atoms with E-state index in [9.17, 15) is 0 Å². The topological polar surface area (TPSA) is 53.1 Å². The standard InChI is InChI=1S/C14H27N5/c1-5-12-13(15-6-2)17-11-18-14(12)16-9-7-8-10-19(3)4/h11H,5-10H2,1-4H3,(H2,15,16,17,18). The summed E-state index contributed by atoms with van der Waals surface area (Å²) in [5, 5.41) is 6.71. The highest BCUT2D eigenvalue weighted by Gasteiger charge is 2.08. The summed E-state index contributed by atoms with van der Waals surface area (Å²) in [6, 6.07) is 0. The van der Waals surface area contributed by atoms with Crippen molar-refractivity contribution < 1.29 is 0 Å². The second-order valence-electron chi connectivity index (χ2n) is 4.87. The average Bonchev–Trinajstić information content (AvgIpc) is 2.38. The van der Waals surface area contributed by atoms with Crippen LogP contribution in [-0.2, 0) is 6.42 Å². The van der Waals surface area contributed by atoms with Crippen LogP contribution in [0.3, 0.4) is 0 Å². The zero-order valence-electron chi connectivity index (χ0n) is 12.7. The quantitative estimate of drug-likeness (QED) is 0.671. The summed E-state index contributed by atoms with van der Waals surface area (Å²) in [5.74, 6) is 1.93.